The fraction of sp³-hybridized carbons (Fsp3) is 0.0870. The van der Waals surface area contributed by atoms with Crippen LogP contribution in [-0.4, -0.2) is 27.9 Å². The van der Waals surface area contributed by atoms with E-state index >= 15 is 0 Å². The zero-order valence-electron chi connectivity index (χ0n) is 15.0. The van der Waals surface area contributed by atoms with Crippen LogP contribution in [0, 0.1) is 0 Å². The molecule has 5 nitrogen and oxygen atoms in total. The van der Waals surface area contributed by atoms with Crippen molar-refractivity contribution in [3.8, 4) is 0 Å². The van der Waals surface area contributed by atoms with E-state index in [-0.39, 0.29) is 5.56 Å². The lowest BCUT2D eigenvalue weighted by Crippen LogP contribution is -2.42. The third kappa shape index (κ3) is 3.18. The summed E-state index contributed by atoms with van der Waals surface area (Å²) in [7, 11) is 0. The molecule has 28 heavy (non-hydrogen) atoms. The third-order valence-corrected chi connectivity index (χ3v) is 4.91. The molecule has 3 aromatic carbocycles. The number of benzene rings is 3. The molecule has 1 unspecified atom stereocenters. The maximum Gasteiger partial charge on any atom is 0.332 e. The number of carboxylic acid groups (broad SMARTS) is 2. The Bertz CT molecular complexity index is 1080. The van der Waals surface area contributed by atoms with Crippen LogP contribution in [0.15, 0.2) is 84.9 Å². The Morgan fingerprint density at radius 1 is 0.821 bits per heavy atom. The number of Topliss-reactive ketones (excluding diaryl/α,β-unsaturated/α-hetero) is 1. The van der Waals surface area contributed by atoms with E-state index in [4.69, 9.17) is 0 Å². The molecule has 0 saturated heterocycles. The van der Waals surface area contributed by atoms with Crippen LogP contribution < -0.4 is 0 Å². The molecule has 140 valence electrons. The molecular formula is C23H18O5. The van der Waals surface area contributed by atoms with Gasteiger partial charge in [-0.3, -0.25) is 9.59 Å². The highest BCUT2D eigenvalue weighted by Crippen LogP contribution is 2.40. The molecule has 0 heterocycles. The monoisotopic (exact) mass is 374 g/mol. The van der Waals surface area contributed by atoms with Gasteiger partial charge in [-0.25, -0.2) is 4.79 Å². The highest BCUT2D eigenvalue weighted by molar-refractivity contribution is 6.09. The van der Waals surface area contributed by atoms with Crippen LogP contribution in [0.1, 0.15) is 22.3 Å². The van der Waals surface area contributed by atoms with Gasteiger partial charge in [0.2, 0.25) is 0 Å². The maximum absolute atomic E-state index is 12.9. The highest BCUT2D eigenvalue weighted by atomic mass is 16.4. The van der Waals surface area contributed by atoms with Crippen molar-refractivity contribution in [3.63, 3.8) is 0 Å². The first-order valence-electron chi connectivity index (χ1n) is 8.60. The molecular weight excluding hydrogens is 356 g/mol. The molecule has 5 heteroatoms. The van der Waals surface area contributed by atoms with E-state index < -0.39 is 35.1 Å². The van der Waals surface area contributed by atoms with Gasteiger partial charge in [-0.15, -0.1) is 0 Å². The normalized spacial score (nSPS) is 12.9. The number of hydrogen-bond donors (Lipinski definition) is 2. The fourth-order valence-electron chi connectivity index (χ4n) is 3.43. The second-order valence-electron chi connectivity index (χ2n) is 6.49. The molecule has 0 fully saturated rings. The summed E-state index contributed by atoms with van der Waals surface area (Å²) in [5, 5.41) is 21.1. The Kier molecular flexibility index (Phi) is 5.09. The SMILES string of the molecule is C=C(C(=O)O)C(CC(=O)c1ccccc1)(C(=O)O)c1cccc2ccccc12. The average molecular weight is 374 g/mol. The van der Waals surface area contributed by atoms with Gasteiger partial charge in [-0.2, -0.15) is 0 Å². The first-order valence-corrected chi connectivity index (χ1v) is 8.60. The summed E-state index contributed by atoms with van der Waals surface area (Å²) in [6.07, 6.45) is -0.550. The molecule has 0 amide bonds. The number of ketones is 1. The summed E-state index contributed by atoms with van der Waals surface area (Å²) in [6.45, 7) is 3.55. The number of aliphatic carboxylic acids is 2. The molecule has 0 radical (unpaired) electrons. The van der Waals surface area contributed by atoms with Crippen molar-refractivity contribution in [3.05, 3.63) is 96.1 Å². The van der Waals surface area contributed by atoms with Gasteiger partial charge in [0.15, 0.2) is 5.78 Å². The lowest BCUT2D eigenvalue weighted by molar-refractivity contribution is -0.145. The van der Waals surface area contributed by atoms with E-state index in [2.05, 4.69) is 6.58 Å². The molecule has 3 aromatic rings. The van der Waals surface area contributed by atoms with E-state index in [1.165, 1.54) is 0 Å². The van der Waals surface area contributed by atoms with Crippen LogP contribution >= 0.6 is 0 Å². The van der Waals surface area contributed by atoms with Crippen molar-refractivity contribution in [2.24, 2.45) is 0 Å². The summed E-state index contributed by atoms with van der Waals surface area (Å²) in [5.74, 6) is -3.37. The minimum Gasteiger partial charge on any atom is -0.480 e. The number of carboxylic acids is 2. The smallest absolute Gasteiger partial charge is 0.332 e. The number of fused-ring (bicyclic) bond motifs is 1. The van der Waals surface area contributed by atoms with Crippen molar-refractivity contribution in [1.29, 1.82) is 0 Å². The molecule has 0 bridgehead atoms. The van der Waals surface area contributed by atoms with Crippen molar-refractivity contribution in [2.75, 3.05) is 0 Å². The molecule has 0 aliphatic rings. The molecule has 0 spiro atoms. The van der Waals surface area contributed by atoms with Crippen LogP contribution in [0.25, 0.3) is 10.8 Å². The first kappa shape index (κ1) is 19.0. The summed E-state index contributed by atoms with van der Waals surface area (Å²) in [6, 6.07) is 20.3. The van der Waals surface area contributed by atoms with Gasteiger partial charge in [0, 0.05) is 12.0 Å². The van der Waals surface area contributed by atoms with Gasteiger partial charge in [-0.05, 0) is 16.3 Å². The Labute approximate surface area is 161 Å². The fourth-order valence-corrected chi connectivity index (χ4v) is 3.43. The van der Waals surface area contributed by atoms with Crippen LogP contribution in [0.5, 0.6) is 0 Å². The van der Waals surface area contributed by atoms with Crippen molar-refractivity contribution < 1.29 is 24.6 Å². The van der Waals surface area contributed by atoms with E-state index in [1.807, 2.05) is 0 Å². The largest absolute Gasteiger partial charge is 0.480 e. The Hall–Kier alpha value is -3.73. The van der Waals surface area contributed by atoms with E-state index in [9.17, 15) is 24.6 Å². The van der Waals surface area contributed by atoms with E-state index in [0.717, 1.165) is 5.39 Å². The highest BCUT2D eigenvalue weighted by Gasteiger charge is 2.48. The zero-order chi connectivity index (χ0) is 20.3. The predicted molar refractivity (Wildman–Crippen MR) is 105 cm³/mol. The predicted octanol–water partition coefficient (Wildman–Crippen LogP) is 4.08. The molecule has 3 rings (SSSR count). The zero-order valence-corrected chi connectivity index (χ0v) is 15.0. The molecule has 0 saturated carbocycles. The molecule has 0 aliphatic carbocycles. The molecule has 0 aromatic heterocycles. The number of carbonyl (C=O) groups excluding carboxylic acids is 1. The summed E-state index contributed by atoms with van der Waals surface area (Å²) >= 11 is 0. The van der Waals surface area contributed by atoms with Gasteiger partial charge >= 0.3 is 11.9 Å². The van der Waals surface area contributed by atoms with Gasteiger partial charge in [0.05, 0.1) is 5.57 Å². The lowest BCUT2D eigenvalue weighted by atomic mass is 9.69. The number of carbonyl (C=O) groups is 3. The van der Waals surface area contributed by atoms with E-state index in [1.54, 1.807) is 72.8 Å². The standard InChI is InChI=1S/C23H18O5/c1-15(21(25)26)23(22(27)28,14-20(24)17-9-3-2-4-10-17)19-13-7-11-16-8-5-6-12-18(16)19/h2-13H,1,14H2,(H,25,26)(H,27,28). The van der Waals surface area contributed by atoms with Gasteiger partial charge < -0.3 is 10.2 Å². The molecule has 0 aliphatic heterocycles. The van der Waals surface area contributed by atoms with Gasteiger partial charge in [0.1, 0.15) is 5.41 Å². The number of rotatable bonds is 7. The van der Waals surface area contributed by atoms with Gasteiger partial charge in [-0.1, -0.05) is 79.4 Å². The molecule has 1 atom stereocenters. The Morgan fingerprint density at radius 2 is 1.43 bits per heavy atom. The minimum absolute atomic E-state index is 0.231. The summed E-state index contributed by atoms with van der Waals surface area (Å²) in [4.78, 5) is 37.2. The second kappa shape index (κ2) is 7.48. The quantitative estimate of drug-likeness (QED) is 0.480. The topological polar surface area (TPSA) is 91.7 Å². The average Bonchev–Trinajstić information content (AvgIpc) is 2.71. The summed E-state index contributed by atoms with van der Waals surface area (Å²) < 4.78 is 0. The first-order chi connectivity index (χ1) is 13.4. The third-order valence-electron chi connectivity index (χ3n) is 4.91. The van der Waals surface area contributed by atoms with Crippen LogP contribution in [0.4, 0.5) is 0 Å². The Balaban J connectivity index is 2.27. The lowest BCUT2D eigenvalue weighted by Gasteiger charge is -2.31. The Morgan fingerprint density at radius 3 is 2.07 bits per heavy atom. The minimum atomic E-state index is -2.10. The second-order valence-corrected chi connectivity index (χ2v) is 6.49. The summed E-state index contributed by atoms with van der Waals surface area (Å²) in [5.41, 5.74) is -2.11. The van der Waals surface area contributed by atoms with Crippen molar-refractivity contribution in [2.45, 2.75) is 11.8 Å². The number of hydrogen-bond acceptors (Lipinski definition) is 3. The van der Waals surface area contributed by atoms with Crippen molar-refractivity contribution in [1.82, 2.24) is 0 Å². The van der Waals surface area contributed by atoms with Crippen LogP contribution in [-0.2, 0) is 15.0 Å². The maximum atomic E-state index is 12.9. The van der Waals surface area contributed by atoms with Gasteiger partial charge in [0.25, 0.3) is 0 Å². The van der Waals surface area contributed by atoms with Crippen molar-refractivity contribution >= 4 is 28.5 Å². The molecule has 2 N–H and O–H groups in total. The van der Waals surface area contributed by atoms with E-state index in [0.29, 0.717) is 10.9 Å². The van der Waals surface area contributed by atoms with Crippen LogP contribution in [0.3, 0.4) is 0 Å². The van der Waals surface area contributed by atoms with Crippen LogP contribution in [0.2, 0.25) is 0 Å².